The van der Waals surface area contributed by atoms with Crippen LogP contribution in [-0.2, 0) is 13.1 Å². The summed E-state index contributed by atoms with van der Waals surface area (Å²) in [6, 6.07) is 11.3. The Morgan fingerprint density at radius 2 is 1.79 bits per heavy atom. The van der Waals surface area contributed by atoms with Crippen LogP contribution in [-0.4, -0.2) is 43.0 Å². The number of hydrazine groups is 1. The molecule has 2 aromatic rings. The zero-order valence-electron chi connectivity index (χ0n) is 16.0. The number of nitrogens with zero attached hydrogens (tertiary/aromatic N) is 2. The summed E-state index contributed by atoms with van der Waals surface area (Å²) < 4.78 is 25.4. The van der Waals surface area contributed by atoms with Gasteiger partial charge in [0.1, 0.15) is 5.82 Å². The second kappa shape index (κ2) is 8.81. The van der Waals surface area contributed by atoms with Crippen LogP contribution in [0.1, 0.15) is 11.1 Å². The topological polar surface area (TPSA) is 75.0 Å². The highest BCUT2D eigenvalue weighted by molar-refractivity contribution is 7.80. The Hall–Kier alpha value is -2.62. The molecule has 154 valence electrons. The number of nitrogens with one attached hydrogen (secondary N) is 2. The van der Waals surface area contributed by atoms with Gasteiger partial charge in [0.15, 0.2) is 16.6 Å². The van der Waals surface area contributed by atoms with Gasteiger partial charge in [-0.2, -0.15) is 0 Å². The van der Waals surface area contributed by atoms with Crippen LogP contribution >= 0.6 is 12.2 Å². The molecule has 29 heavy (non-hydrogen) atoms. The van der Waals surface area contributed by atoms with E-state index in [0.29, 0.717) is 12.2 Å². The van der Waals surface area contributed by atoms with Crippen molar-refractivity contribution in [2.75, 3.05) is 37.9 Å². The smallest absolute Gasteiger partial charge is 0.231 e. The Morgan fingerprint density at radius 1 is 1.03 bits per heavy atom. The number of benzene rings is 2. The molecule has 9 heteroatoms. The first-order valence-corrected chi connectivity index (χ1v) is 9.92. The van der Waals surface area contributed by atoms with E-state index >= 15 is 0 Å². The van der Waals surface area contributed by atoms with Crippen LogP contribution in [0, 0.1) is 5.82 Å². The van der Waals surface area contributed by atoms with E-state index in [9.17, 15) is 4.39 Å². The van der Waals surface area contributed by atoms with Crippen LogP contribution in [0.2, 0.25) is 0 Å². The normalized spacial score (nSPS) is 16.1. The second-order valence-corrected chi connectivity index (χ2v) is 7.52. The van der Waals surface area contributed by atoms with Gasteiger partial charge >= 0.3 is 0 Å². The van der Waals surface area contributed by atoms with Crippen molar-refractivity contribution >= 4 is 23.0 Å². The highest BCUT2D eigenvalue weighted by Gasteiger charge is 2.21. The van der Waals surface area contributed by atoms with Gasteiger partial charge in [-0.05, 0) is 47.6 Å². The summed E-state index contributed by atoms with van der Waals surface area (Å²) >= 11 is 4.72. The Morgan fingerprint density at radius 3 is 2.55 bits per heavy atom. The van der Waals surface area contributed by atoms with E-state index in [0.717, 1.165) is 49.8 Å². The second-order valence-electron chi connectivity index (χ2n) is 7.08. The molecule has 0 bridgehead atoms. The number of piperazine rings is 1. The molecule has 2 aliphatic heterocycles. The SMILES string of the molecule is NC(=S)NNCc1ccc(N2CCN(Cc3ccc4c(c3)OCO4)CC2)c(F)c1. The van der Waals surface area contributed by atoms with E-state index in [1.165, 1.54) is 5.56 Å². The lowest BCUT2D eigenvalue weighted by molar-refractivity contribution is 0.174. The molecule has 2 aromatic carbocycles. The fraction of sp³-hybridized carbons (Fsp3) is 0.350. The molecule has 0 radical (unpaired) electrons. The van der Waals surface area contributed by atoms with Crippen molar-refractivity contribution in [1.82, 2.24) is 15.8 Å². The monoisotopic (exact) mass is 417 g/mol. The van der Waals surface area contributed by atoms with Gasteiger partial charge in [-0.3, -0.25) is 10.3 Å². The van der Waals surface area contributed by atoms with Crippen molar-refractivity contribution in [2.24, 2.45) is 5.73 Å². The van der Waals surface area contributed by atoms with Crippen LogP contribution in [0.5, 0.6) is 11.5 Å². The van der Waals surface area contributed by atoms with Gasteiger partial charge in [-0.25, -0.2) is 9.82 Å². The maximum absolute atomic E-state index is 14.6. The predicted octanol–water partition coefficient (Wildman–Crippen LogP) is 1.71. The van der Waals surface area contributed by atoms with Crippen LogP contribution in [0.4, 0.5) is 10.1 Å². The van der Waals surface area contributed by atoms with Gasteiger partial charge in [-0.15, -0.1) is 0 Å². The first kappa shape index (κ1) is 19.7. The van der Waals surface area contributed by atoms with E-state index in [4.69, 9.17) is 27.4 Å². The minimum Gasteiger partial charge on any atom is -0.454 e. The highest BCUT2D eigenvalue weighted by Crippen LogP contribution is 2.33. The largest absolute Gasteiger partial charge is 0.454 e. The fourth-order valence-electron chi connectivity index (χ4n) is 3.59. The number of anilines is 1. The first-order valence-electron chi connectivity index (χ1n) is 9.51. The van der Waals surface area contributed by atoms with Gasteiger partial charge in [0.25, 0.3) is 0 Å². The lowest BCUT2D eigenvalue weighted by Gasteiger charge is -2.36. The molecule has 4 N–H and O–H groups in total. The Kier molecular flexibility index (Phi) is 5.98. The van der Waals surface area contributed by atoms with Crippen molar-refractivity contribution in [2.45, 2.75) is 13.1 Å². The number of fused-ring (bicyclic) bond motifs is 1. The van der Waals surface area contributed by atoms with Gasteiger partial charge in [0.05, 0.1) is 5.69 Å². The Bertz CT molecular complexity index is 889. The summed E-state index contributed by atoms with van der Waals surface area (Å²) in [6.45, 7) is 4.86. The molecule has 2 heterocycles. The maximum Gasteiger partial charge on any atom is 0.231 e. The number of thiocarbonyl (C=S) groups is 1. The summed E-state index contributed by atoms with van der Waals surface area (Å²) in [5, 5.41) is 0.153. The maximum atomic E-state index is 14.6. The third-order valence-corrected chi connectivity index (χ3v) is 5.17. The summed E-state index contributed by atoms with van der Waals surface area (Å²) in [5.74, 6) is 1.39. The van der Waals surface area contributed by atoms with Crippen molar-refractivity contribution in [3.05, 3.63) is 53.3 Å². The predicted molar refractivity (Wildman–Crippen MR) is 113 cm³/mol. The first-order chi connectivity index (χ1) is 14.1. The zero-order chi connectivity index (χ0) is 20.2. The van der Waals surface area contributed by atoms with Crippen molar-refractivity contribution in [3.63, 3.8) is 0 Å². The molecule has 0 amide bonds. The van der Waals surface area contributed by atoms with Crippen molar-refractivity contribution in [1.29, 1.82) is 0 Å². The van der Waals surface area contributed by atoms with E-state index < -0.39 is 0 Å². The standard InChI is InChI=1S/C20H24FN5O2S/c21-16-9-14(11-23-24-20(22)29)1-3-17(16)26-7-5-25(6-8-26)12-15-2-4-18-19(10-15)28-13-27-18/h1-4,9-10,23H,5-8,11-13H2,(H3,22,24,29). The molecule has 1 saturated heterocycles. The lowest BCUT2D eigenvalue weighted by atomic mass is 10.1. The number of ether oxygens (including phenoxy) is 2. The number of rotatable bonds is 6. The Labute approximate surface area is 174 Å². The molecule has 2 aliphatic rings. The van der Waals surface area contributed by atoms with Gasteiger partial charge in [0.2, 0.25) is 6.79 Å². The Balaban J connectivity index is 1.30. The number of nitrogens with two attached hydrogens (primary N) is 1. The molecule has 0 atom stereocenters. The summed E-state index contributed by atoms with van der Waals surface area (Å²) in [7, 11) is 0. The van der Waals surface area contributed by atoms with E-state index in [1.54, 1.807) is 6.07 Å². The zero-order valence-corrected chi connectivity index (χ0v) is 16.8. The quantitative estimate of drug-likeness (QED) is 0.485. The van der Waals surface area contributed by atoms with E-state index in [2.05, 4.69) is 26.7 Å². The van der Waals surface area contributed by atoms with Gasteiger partial charge in [0, 0.05) is 39.3 Å². The number of hydrogen-bond donors (Lipinski definition) is 3. The molecule has 0 spiro atoms. The minimum absolute atomic E-state index is 0.153. The molecule has 0 saturated carbocycles. The average molecular weight is 418 g/mol. The van der Waals surface area contributed by atoms with Crippen molar-refractivity contribution < 1.29 is 13.9 Å². The minimum atomic E-state index is -0.219. The third-order valence-electron chi connectivity index (χ3n) is 5.07. The third kappa shape index (κ3) is 4.87. The molecule has 7 nitrogen and oxygen atoms in total. The van der Waals surface area contributed by atoms with Gasteiger partial charge < -0.3 is 20.1 Å². The summed E-state index contributed by atoms with van der Waals surface area (Å²) in [6.07, 6.45) is 0. The highest BCUT2D eigenvalue weighted by atomic mass is 32.1. The van der Waals surface area contributed by atoms with Crippen molar-refractivity contribution in [3.8, 4) is 11.5 Å². The fourth-order valence-corrected chi connectivity index (χ4v) is 3.67. The summed E-state index contributed by atoms with van der Waals surface area (Å²) in [4.78, 5) is 4.46. The number of hydrogen-bond acceptors (Lipinski definition) is 6. The molecular weight excluding hydrogens is 393 g/mol. The lowest BCUT2D eigenvalue weighted by Crippen LogP contribution is -2.46. The average Bonchev–Trinajstić information content (AvgIpc) is 3.17. The van der Waals surface area contributed by atoms with Crippen LogP contribution in [0.15, 0.2) is 36.4 Å². The molecule has 4 rings (SSSR count). The molecule has 0 aliphatic carbocycles. The molecule has 0 aromatic heterocycles. The number of halogens is 1. The molecular formula is C20H24FN5O2S. The van der Waals surface area contributed by atoms with Crippen LogP contribution in [0.3, 0.4) is 0 Å². The van der Waals surface area contributed by atoms with Crippen LogP contribution in [0.25, 0.3) is 0 Å². The van der Waals surface area contributed by atoms with E-state index in [-0.39, 0.29) is 17.7 Å². The summed E-state index contributed by atoms with van der Waals surface area (Å²) in [5.41, 5.74) is 13.5. The molecule has 1 fully saturated rings. The van der Waals surface area contributed by atoms with Gasteiger partial charge in [-0.1, -0.05) is 12.1 Å². The molecule has 0 unspecified atom stereocenters. The van der Waals surface area contributed by atoms with E-state index in [1.807, 2.05) is 24.3 Å². The van der Waals surface area contributed by atoms with Crippen LogP contribution < -0.4 is 31.0 Å².